The number of nitrogens with zero attached hydrogens (tertiary/aromatic N) is 1. The van der Waals surface area contributed by atoms with Crippen molar-refractivity contribution in [3.63, 3.8) is 0 Å². The maximum atomic E-state index is 12.1. The zero-order valence-electron chi connectivity index (χ0n) is 16.0. The maximum absolute atomic E-state index is 12.1. The van der Waals surface area contributed by atoms with Crippen LogP contribution in [0.4, 0.5) is 5.69 Å². The van der Waals surface area contributed by atoms with Gasteiger partial charge < -0.3 is 10.1 Å². The fraction of sp³-hybridized carbons (Fsp3) is 0.0870. The molecule has 2 N–H and O–H groups in total. The average Bonchev–Trinajstić information content (AvgIpc) is 2.74. The summed E-state index contributed by atoms with van der Waals surface area (Å²) in [6, 6.07) is 23.9. The molecular formula is C23H21N3O3. The summed E-state index contributed by atoms with van der Waals surface area (Å²) in [5.41, 5.74) is 5.49. The first kappa shape index (κ1) is 19.8. The highest BCUT2D eigenvalue weighted by molar-refractivity contribution is 5.96. The fourth-order valence-electron chi connectivity index (χ4n) is 2.53. The Hall–Kier alpha value is -3.93. The number of hydrogen-bond donors (Lipinski definition) is 2. The Morgan fingerprint density at radius 1 is 0.931 bits per heavy atom. The van der Waals surface area contributed by atoms with Gasteiger partial charge in [0.15, 0.2) is 0 Å². The molecule has 0 saturated carbocycles. The number of rotatable bonds is 7. The van der Waals surface area contributed by atoms with Crippen LogP contribution in [-0.2, 0) is 11.4 Å². The highest BCUT2D eigenvalue weighted by atomic mass is 16.5. The number of hydrazone groups is 1. The smallest absolute Gasteiger partial charge is 0.271 e. The molecule has 3 rings (SSSR count). The second-order valence-corrected chi connectivity index (χ2v) is 6.30. The molecular weight excluding hydrogens is 366 g/mol. The van der Waals surface area contributed by atoms with E-state index >= 15 is 0 Å². The Morgan fingerprint density at radius 3 is 2.28 bits per heavy atom. The van der Waals surface area contributed by atoms with Crippen molar-refractivity contribution in [1.82, 2.24) is 5.43 Å². The van der Waals surface area contributed by atoms with Crippen LogP contribution in [0, 0.1) is 0 Å². The SMILES string of the molecule is CC(=O)Nc1ccc(C(=O)NN=Cc2ccc(OCc3ccccc3)cc2)cc1. The van der Waals surface area contributed by atoms with Crippen molar-refractivity contribution >= 4 is 23.7 Å². The zero-order valence-corrected chi connectivity index (χ0v) is 16.0. The normalized spacial score (nSPS) is 10.5. The van der Waals surface area contributed by atoms with Crippen LogP contribution >= 0.6 is 0 Å². The molecule has 0 spiro atoms. The number of nitrogens with one attached hydrogen (secondary N) is 2. The Morgan fingerprint density at radius 2 is 1.62 bits per heavy atom. The quantitative estimate of drug-likeness (QED) is 0.475. The Labute approximate surface area is 169 Å². The van der Waals surface area contributed by atoms with Gasteiger partial charge in [0.1, 0.15) is 12.4 Å². The number of carbonyl (C=O) groups is 2. The van der Waals surface area contributed by atoms with Gasteiger partial charge in [0.2, 0.25) is 5.91 Å². The summed E-state index contributed by atoms with van der Waals surface area (Å²) < 4.78 is 5.74. The summed E-state index contributed by atoms with van der Waals surface area (Å²) in [6.07, 6.45) is 1.56. The van der Waals surface area contributed by atoms with Crippen molar-refractivity contribution in [1.29, 1.82) is 0 Å². The van der Waals surface area contributed by atoms with Gasteiger partial charge in [0.05, 0.1) is 6.21 Å². The van der Waals surface area contributed by atoms with Gasteiger partial charge in [0, 0.05) is 18.2 Å². The summed E-state index contributed by atoms with van der Waals surface area (Å²) in [4.78, 5) is 23.1. The summed E-state index contributed by atoms with van der Waals surface area (Å²) in [6.45, 7) is 1.93. The van der Waals surface area contributed by atoms with Crippen molar-refractivity contribution in [3.8, 4) is 5.75 Å². The minimum Gasteiger partial charge on any atom is -0.489 e. The lowest BCUT2D eigenvalue weighted by Gasteiger charge is -2.06. The van der Waals surface area contributed by atoms with Crippen LogP contribution in [0.1, 0.15) is 28.4 Å². The Balaban J connectivity index is 1.49. The molecule has 0 atom stereocenters. The molecule has 0 heterocycles. The second-order valence-electron chi connectivity index (χ2n) is 6.30. The van der Waals surface area contributed by atoms with Crippen molar-refractivity contribution in [3.05, 3.63) is 95.6 Å². The molecule has 3 aromatic rings. The third-order valence-corrected chi connectivity index (χ3v) is 3.98. The summed E-state index contributed by atoms with van der Waals surface area (Å²) in [5.74, 6) is 0.260. The molecule has 0 radical (unpaired) electrons. The molecule has 0 fully saturated rings. The number of benzene rings is 3. The largest absolute Gasteiger partial charge is 0.489 e. The zero-order chi connectivity index (χ0) is 20.5. The van der Waals surface area contributed by atoms with E-state index in [-0.39, 0.29) is 11.8 Å². The first-order chi connectivity index (χ1) is 14.1. The van der Waals surface area contributed by atoms with Crippen LogP contribution < -0.4 is 15.5 Å². The van der Waals surface area contributed by atoms with Crippen LogP contribution in [0.5, 0.6) is 5.75 Å². The van der Waals surface area contributed by atoms with Crippen LogP contribution in [0.25, 0.3) is 0 Å². The van der Waals surface area contributed by atoms with E-state index in [2.05, 4.69) is 15.8 Å². The van der Waals surface area contributed by atoms with E-state index < -0.39 is 0 Å². The van der Waals surface area contributed by atoms with E-state index in [1.807, 2.05) is 54.6 Å². The van der Waals surface area contributed by atoms with Crippen LogP contribution in [0.3, 0.4) is 0 Å². The van der Waals surface area contributed by atoms with Crippen molar-refractivity contribution in [2.45, 2.75) is 13.5 Å². The molecule has 0 saturated heterocycles. The average molecular weight is 387 g/mol. The minimum atomic E-state index is -0.335. The molecule has 6 nitrogen and oxygen atoms in total. The molecule has 0 aliphatic carbocycles. The van der Waals surface area contributed by atoms with Crippen LogP contribution in [0.15, 0.2) is 84.0 Å². The number of ether oxygens (including phenoxy) is 1. The molecule has 0 aliphatic heterocycles. The third-order valence-electron chi connectivity index (χ3n) is 3.98. The van der Waals surface area contributed by atoms with E-state index in [4.69, 9.17) is 4.74 Å². The number of hydrogen-bond acceptors (Lipinski definition) is 4. The van der Waals surface area contributed by atoms with E-state index in [1.165, 1.54) is 6.92 Å². The van der Waals surface area contributed by atoms with Crippen molar-refractivity contribution in [2.75, 3.05) is 5.32 Å². The van der Waals surface area contributed by atoms with Gasteiger partial charge in [-0.1, -0.05) is 30.3 Å². The van der Waals surface area contributed by atoms with Gasteiger partial charge >= 0.3 is 0 Å². The molecule has 6 heteroatoms. The highest BCUT2D eigenvalue weighted by Crippen LogP contribution is 2.13. The van der Waals surface area contributed by atoms with Gasteiger partial charge in [0.25, 0.3) is 5.91 Å². The van der Waals surface area contributed by atoms with Crippen molar-refractivity contribution < 1.29 is 14.3 Å². The van der Waals surface area contributed by atoms with Gasteiger partial charge in [-0.25, -0.2) is 5.43 Å². The summed E-state index contributed by atoms with van der Waals surface area (Å²) in [5, 5.41) is 6.62. The standard InChI is InChI=1S/C23H21N3O3/c1-17(27)25-21-11-9-20(10-12-21)23(28)26-24-15-18-7-13-22(14-8-18)29-16-19-5-3-2-4-6-19/h2-15H,16H2,1H3,(H,25,27)(H,26,28). The molecule has 146 valence electrons. The van der Waals surface area contributed by atoms with Gasteiger partial charge in [-0.2, -0.15) is 5.10 Å². The fourth-order valence-corrected chi connectivity index (χ4v) is 2.53. The second kappa shape index (κ2) is 9.85. The Kier molecular flexibility index (Phi) is 6.73. The summed E-state index contributed by atoms with van der Waals surface area (Å²) in [7, 11) is 0. The molecule has 2 amide bonds. The molecule has 0 aromatic heterocycles. The number of carbonyl (C=O) groups excluding carboxylic acids is 2. The summed E-state index contributed by atoms with van der Waals surface area (Å²) >= 11 is 0. The third kappa shape index (κ3) is 6.32. The monoisotopic (exact) mass is 387 g/mol. The number of amides is 2. The van der Waals surface area contributed by atoms with E-state index in [0.29, 0.717) is 17.9 Å². The molecule has 3 aromatic carbocycles. The molecule has 0 bridgehead atoms. The maximum Gasteiger partial charge on any atom is 0.271 e. The first-order valence-electron chi connectivity index (χ1n) is 9.08. The lowest BCUT2D eigenvalue weighted by Crippen LogP contribution is -2.17. The van der Waals surface area contributed by atoms with Gasteiger partial charge in [-0.15, -0.1) is 0 Å². The predicted molar refractivity (Wildman–Crippen MR) is 113 cm³/mol. The lowest BCUT2D eigenvalue weighted by atomic mass is 10.2. The first-order valence-corrected chi connectivity index (χ1v) is 9.08. The topological polar surface area (TPSA) is 79.8 Å². The van der Waals surface area contributed by atoms with Gasteiger partial charge in [-0.05, 0) is 59.7 Å². The van der Waals surface area contributed by atoms with E-state index in [9.17, 15) is 9.59 Å². The molecule has 0 unspecified atom stereocenters. The van der Waals surface area contributed by atoms with Gasteiger partial charge in [-0.3, -0.25) is 9.59 Å². The highest BCUT2D eigenvalue weighted by Gasteiger charge is 2.04. The van der Waals surface area contributed by atoms with Crippen molar-refractivity contribution in [2.24, 2.45) is 5.10 Å². The minimum absolute atomic E-state index is 0.164. The predicted octanol–water partition coefficient (Wildman–Crippen LogP) is 3.99. The molecule has 29 heavy (non-hydrogen) atoms. The number of anilines is 1. The lowest BCUT2D eigenvalue weighted by molar-refractivity contribution is -0.114. The van der Waals surface area contributed by atoms with E-state index in [0.717, 1.165) is 16.9 Å². The van der Waals surface area contributed by atoms with Crippen LogP contribution in [0.2, 0.25) is 0 Å². The van der Waals surface area contributed by atoms with Crippen LogP contribution in [-0.4, -0.2) is 18.0 Å². The van der Waals surface area contributed by atoms with E-state index in [1.54, 1.807) is 30.5 Å². The Bertz CT molecular complexity index is 982. The molecule has 0 aliphatic rings.